The Bertz CT molecular complexity index is 731. The first kappa shape index (κ1) is 18.3. The summed E-state index contributed by atoms with van der Waals surface area (Å²) < 4.78 is 10.6. The van der Waals surface area contributed by atoms with E-state index in [0.29, 0.717) is 29.3 Å². The molecule has 0 bridgehead atoms. The molecule has 2 amide bonds. The summed E-state index contributed by atoms with van der Waals surface area (Å²) in [5, 5.41) is 5.51. The number of carbonyl (C=O) groups excluding carboxylic acids is 2. The van der Waals surface area contributed by atoms with Crippen LogP contribution in [0.1, 0.15) is 23.7 Å². The minimum Gasteiger partial charge on any atom is -0.493 e. The van der Waals surface area contributed by atoms with Gasteiger partial charge in [-0.05, 0) is 36.8 Å². The van der Waals surface area contributed by atoms with Crippen LogP contribution in [0, 0.1) is 0 Å². The molecule has 2 aromatic carbocycles. The lowest BCUT2D eigenvalue weighted by Crippen LogP contribution is -2.24. The maximum absolute atomic E-state index is 12.1. The minimum absolute atomic E-state index is 0.160. The highest BCUT2D eigenvalue weighted by atomic mass is 16.5. The second kappa shape index (κ2) is 9.32. The molecule has 0 radical (unpaired) electrons. The van der Waals surface area contributed by atoms with E-state index in [1.807, 2.05) is 13.0 Å². The summed E-state index contributed by atoms with van der Waals surface area (Å²) in [5.41, 5.74) is 1.04. The molecule has 6 nitrogen and oxygen atoms in total. The molecule has 0 aromatic heterocycles. The third-order valence-corrected chi connectivity index (χ3v) is 3.37. The fraction of sp³-hybridized carbons (Fsp3) is 0.263. The Kier molecular flexibility index (Phi) is 6.83. The molecule has 0 saturated carbocycles. The Morgan fingerprint density at radius 1 is 1.04 bits per heavy atom. The van der Waals surface area contributed by atoms with Crippen LogP contribution in [0.4, 0.5) is 5.69 Å². The van der Waals surface area contributed by atoms with Gasteiger partial charge in [-0.25, -0.2) is 0 Å². The highest BCUT2D eigenvalue weighted by Crippen LogP contribution is 2.25. The number of hydrogen-bond acceptors (Lipinski definition) is 4. The smallest absolute Gasteiger partial charge is 0.262 e. The molecule has 0 aliphatic rings. The number of benzene rings is 2. The van der Waals surface area contributed by atoms with Gasteiger partial charge >= 0.3 is 0 Å². The molecule has 0 fully saturated rings. The van der Waals surface area contributed by atoms with Crippen molar-refractivity contribution in [2.45, 2.75) is 13.3 Å². The van der Waals surface area contributed by atoms with Gasteiger partial charge in [0.2, 0.25) is 0 Å². The first-order valence-corrected chi connectivity index (χ1v) is 8.08. The Labute approximate surface area is 147 Å². The van der Waals surface area contributed by atoms with E-state index in [9.17, 15) is 9.59 Å². The number of hydrogen-bond donors (Lipinski definition) is 2. The van der Waals surface area contributed by atoms with Crippen molar-refractivity contribution < 1.29 is 19.1 Å². The Balaban J connectivity index is 1.93. The van der Waals surface area contributed by atoms with Crippen LogP contribution in [0.25, 0.3) is 0 Å². The van der Waals surface area contributed by atoms with Crippen LogP contribution in [0.3, 0.4) is 0 Å². The maximum Gasteiger partial charge on any atom is 0.262 e. The van der Waals surface area contributed by atoms with Gasteiger partial charge in [-0.3, -0.25) is 9.59 Å². The van der Waals surface area contributed by atoms with Crippen molar-refractivity contribution >= 4 is 17.5 Å². The number of anilines is 1. The molecule has 0 aliphatic carbocycles. The number of methoxy groups -OCH3 is 1. The van der Waals surface area contributed by atoms with Crippen molar-refractivity contribution in [1.29, 1.82) is 0 Å². The molecular weight excluding hydrogens is 320 g/mol. The molecule has 0 saturated heterocycles. The normalized spacial score (nSPS) is 10.0. The largest absolute Gasteiger partial charge is 0.493 e. The SMILES string of the molecule is CCCNC(=O)c1cccc(NC(=O)COc2ccccc2OC)c1. The molecule has 0 heterocycles. The molecule has 2 aromatic rings. The number of para-hydroxylation sites is 2. The van der Waals surface area contributed by atoms with E-state index in [2.05, 4.69) is 10.6 Å². The van der Waals surface area contributed by atoms with Crippen LogP contribution in [0.5, 0.6) is 11.5 Å². The first-order valence-electron chi connectivity index (χ1n) is 8.08. The molecule has 132 valence electrons. The van der Waals surface area contributed by atoms with Gasteiger partial charge in [-0.2, -0.15) is 0 Å². The van der Waals surface area contributed by atoms with E-state index in [0.717, 1.165) is 6.42 Å². The van der Waals surface area contributed by atoms with Gasteiger partial charge in [-0.15, -0.1) is 0 Å². The van der Waals surface area contributed by atoms with E-state index in [-0.39, 0.29) is 18.4 Å². The fourth-order valence-electron chi connectivity index (χ4n) is 2.16. The van der Waals surface area contributed by atoms with Gasteiger partial charge in [0.1, 0.15) is 0 Å². The van der Waals surface area contributed by atoms with E-state index in [1.165, 1.54) is 7.11 Å². The van der Waals surface area contributed by atoms with Crippen LogP contribution in [-0.2, 0) is 4.79 Å². The van der Waals surface area contributed by atoms with Crippen LogP contribution in [0.2, 0.25) is 0 Å². The zero-order chi connectivity index (χ0) is 18.1. The minimum atomic E-state index is -0.322. The summed E-state index contributed by atoms with van der Waals surface area (Å²) in [4.78, 5) is 24.0. The molecule has 0 atom stereocenters. The number of amides is 2. The van der Waals surface area contributed by atoms with Crippen LogP contribution in [0.15, 0.2) is 48.5 Å². The van der Waals surface area contributed by atoms with E-state index >= 15 is 0 Å². The van der Waals surface area contributed by atoms with Gasteiger partial charge in [0.15, 0.2) is 18.1 Å². The molecular formula is C19H22N2O4. The van der Waals surface area contributed by atoms with Crippen molar-refractivity contribution in [3.8, 4) is 11.5 Å². The van der Waals surface area contributed by atoms with Crippen LogP contribution in [-0.4, -0.2) is 32.1 Å². The van der Waals surface area contributed by atoms with Gasteiger partial charge in [0.05, 0.1) is 7.11 Å². The topological polar surface area (TPSA) is 76.7 Å². The lowest BCUT2D eigenvalue weighted by atomic mass is 10.2. The van der Waals surface area contributed by atoms with E-state index in [4.69, 9.17) is 9.47 Å². The monoisotopic (exact) mass is 342 g/mol. The molecule has 2 N–H and O–H groups in total. The lowest BCUT2D eigenvalue weighted by Gasteiger charge is -2.11. The summed E-state index contributed by atoms with van der Waals surface area (Å²) >= 11 is 0. The zero-order valence-electron chi connectivity index (χ0n) is 14.4. The van der Waals surface area contributed by atoms with Gasteiger partial charge in [0.25, 0.3) is 11.8 Å². The lowest BCUT2D eigenvalue weighted by molar-refractivity contribution is -0.118. The number of rotatable bonds is 8. The average Bonchev–Trinajstić information content (AvgIpc) is 2.64. The third-order valence-electron chi connectivity index (χ3n) is 3.37. The predicted octanol–water partition coefficient (Wildman–Crippen LogP) is 2.85. The fourth-order valence-corrected chi connectivity index (χ4v) is 2.16. The zero-order valence-corrected chi connectivity index (χ0v) is 14.4. The van der Waals surface area contributed by atoms with Crippen molar-refractivity contribution in [2.75, 3.05) is 25.6 Å². The van der Waals surface area contributed by atoms with Crippen molar-refractivity contribution in [3.05, 3.63) is 54.1 Å². The number of carbonyl (C=O) groups is 2. The Morgan fingerprint density at radius 3 is 2.52 bits per heavy atom. The molecule has 6 heteroatoms. The van der Waals surface area contributed by atoms with Crippen molar-refractivity contribution in [3.63, 3.8) is 0 Å². The van der Waals surface area contributed by atoms with Crippen LogP contribution >= 0.6 is 0 Å². The number of ether oxygens (including phenoxy) is 2. The Hall–Kier alpha value is -3.02. The van der Waals surface area contributed by atoms with Crippen molar-refractivity contribution in [2.24, 2.45) is 0 Å². The average molecular weight is 342 g/mol. The first-order chi connectivity index (χ1) is 12.1. The van der Waals surface area contributed by atoms with Gasteiger partial charge < -0.3 is 20.1 Å². The second-order valence-electron chi connectivity index (χ2n) is 5.32. The van der Waals surface area contributed by atoms with Gasteiger partial charge in [0, 0.05) is 17.8 Å². The third kappa shape index (κ3) is 5.53. The Morgan fingerprint density at radius 2 is 1.80 bits per heavy atom. The quantitative estimate of drug-likeness (QED) is 0.773. The molecule has 0 aliphatic heterocycles. The molecule has 2 rings (SSSR count). The summed E-state index contributed by atoms with van der Waals surface area (Å²) in [6.07, 6.45) is 0.864. The highest BCUT2D eigenvalue weighted by Gasteiger charge is 2.09. The highest BCUT2D eigenvalue weighted by molar-refractivity contribution is 5.97. The van der Waals surface area contributed by atoms with Crippen LogP contribution < -0.4 is 20.1 Å². The van der Waals surface area contributed by atoms with Crippen molar-refractivity contribution in [1.82, 2.24) is 5.32 Å². The number of nitrogens with one attached hydrogen (secondary N) is 2. The standard InChI is InChI=1S/C19H22N2O4/c1-3-11-20-19(23)14-7-6-8-15(12-14)21-18(22)13-25-17-10-5-4-9-16(17)24-2/h4-10,12H,3,11,13H2,1-2H3,(H,20,23)(H,21,22). The molecule has 0 unspecified atom stereocenters. The summed E-state index contributed by atoms with van der Waals surface area (Å²) in [5.74, 6) is 0.568. The predicted molar refractivity (Wildman–Crippen MR) is 96.2 cm³/mol. The van der Waals surface area contributed by atoms with E-state index < -0.39 is 0 Å². The summed E-state index contributed by atoms with van der Waals surface area (Å²) in [7, 11) is 1.54. The van der Waals surface area contributed by atoms with Gasteiger partial charge in [-0.1, -0.05) is 25.1 Å². The molecule has 25 heavy (non-hydrogen) atoms. The molecule has 0 spiro atoms. The second-order valence-corrected chi connectivity index (χ2v) is 5.32. The summed E-state index contributed by atoms with van der Waals surface area (Å²) in [6, 6.07) is 13.9. The van der Waals surface area contributed by atoms with E-state index in [1.54, 1.807) is 42.5 Å². The summed E-state index contributed by atoms with van der Waals surface area (Å²) in [6.45, 7) is 2.44. The maximum atomic E-state index is 12.1.